The highest BCUT2D eigenvalue weighted by atomic mass is 79.9. The van der Waals surface area contributed by atoms with Crippen LogP contribution in [0.1, 0.15) is 0 Å². The second-order valence-corrected chi connectivity index (χ2v) is 2.51. The molecule has 2 aromatic rings. The van der Waals surface area contributed by atoms with Crippen molar-refractivity contribution in [2.45, 2.75) is 0 Å². The van der Waals surface area contributed by atoms with E-state index in [1.54, 1.807) is 10.3 Å². The lowest BCUT2D eigenvalue weighted by Crippen LogP contribution is -1.73. The second kappa shape index (κ2) is 3.28. The number of para-hydroxylation sites is 2. The lowest BCUT2D eigenvalue weighted by atomic mass is 10.3. The number of rotatable bonds is 0. The van der Waals surface area contributed by atoms with Gasteiger partial charge in [-0.05, 0) is 12.1 Å². The number of imidazole rings is 1. The Morgan fingerprint density at radius 2 is 2.00 bits per heavy atom. The van der Waals surface area contributed by atoms with E-state index in [0.717, 1.165) is 11.0 Å². The predicted molar refractivity (Wildman–Crippen MR) is 54.4 cm³/mol. The van der Waals surface area contributed by atoms with Crippen LogP contribution in [0.2, 0.25) is 0 Å². The monoisotopic (exact) mass is 230 g/mol. The molecule has 58 valence electrons. The molecule has 0 saturated carbocycles. The first-order valence-corrected chi connectivity index (χ1v) is 3.39. The second-order valence-electron chi connectivity index (χ2n) is 2.08. The zero-order valence-electron chi connectivity index (χ0n) is 5.64. The molecule has 0 atom stereocenters. The maximum absolute atomic E-state index is 4.16. The van der Waals surface area contributed by atoms with Gasteiger partial charge in [0.05, 0.1) is 11.0 Å². The molecule has 1 heterocycles. The van der Waals surface area contributed by atoms with Crippen LogP contribution in [0.5, 0.6) is 0 Å². The third-order valence-electron chi connectivity index (χ3n) is 1.43. The summed E-state index contributed by atoms with van der Waals surface area (Å²) in [6, 6.07) is 7.87. The number of nitrogens with zero attached hydrogens (tertiary/aromatic N) is 2. The summed E-state index contributed by atoms with van der Waals surface area (Å²) < 4.78 is 1.70. The lowest BCUT2D eigenvalue weighted by Gasteiger charge is -1.88. The highest BCUT2D eigenvalue weighted by Crippen LogP contribution is 2.11. The van der Waals surface area contributed by atoms with Gasteiger partial charge in [0.25, 0.3) is 0 Å². The average molecular weight is 231 g/mol. The molecule has 11 heavy (non-hydrogen) atoms. The Bertz CT molecular complexity index is 358. The Morgan fingerprint density at radius 1 is 1.27 bits per heavy atom. The van der Waals surface area contributed by atoms with Gasteiger partial charge in [-0.3, -0.25) is 3.97 Å². The van der Waals surface area contributed by atoms with E-state index in [-0.39, 0.29) is 17.0 Å². The van der Waals surface area contributed by atoms with Crippen LogP contribution in [0.3, 0.4) is 0 Å². The van der Waals surface area contributed by atoms with Crippen molar-refractivity contribution in [1.82, 2.24) is 8.96 Å². The Morgan fingerprint density at radius 3 is 2.73 bits per heavy atom. The van der Waals surface area contributed by atoms with Crippen LogP contribution in [-0.2, 0) is 0 Å². The Labute approximate surface area is 80.6 Å². The van der Waals surface area contributed by atoms with E-state index in [1.165, 1.54) is 0 Å². The maximum atomic E-state index is 4.16. The summed E-state index contributed by atoms with van der Waals surface area (Å²) in [5.74, 6) is 0. The van der Waals surface area contributed by atoms with Gasteiger partial charge >= 0.3 is 0 Å². The van der Waals surface area contributed by atoms with E-state index in [1.807, 2.05) is 24.3 Å². The van der Waals surface area contributed by atoms with Crippen molar-refractivity contribution in [1.29, 1.82) is 0 Å². The van der Waals surface area contributed by atoms with Gasteiger partial charge in [0, 0.05) is 0 Å². The summed E-state index contributed by atoms with van der Waals surface area (Å²) >= 11 is 4.16. The third kappa shape index (κ3) is 1.41. The molecule has 0 bridgehead atoms. The molecule has 1 aromatic heterocycles. The SMILES string of the molecule is Br.Sn1cnc2ccccc21. The van der Waals surface area contributed by atoms with E-state index in [2.05, 4.69) is 17.8 Å². The molecule has 0 aliphatic rings. The van der Waals surface area contributed by atoms with Crippen LogP contribution in [0.15, 0.2) is 30.6 Å². The van der Waals surface area contributed by atoms with Crippen molar-refractivity contribution < 1.29 is 0 Å². The third-order valence-corrected chi connectivity index (χ3v) is 1.75. The van der Waals surface area contributed by atoms with Crippen LogP contribution in [0.4, 0.5) is 0 Å². The first-order valence-electron chi connectivity index (χ1n) is 2.99. The van der Waals surface area contributed by atoms with Gasteiger partial charge in [-0.1, -0.05) is 24.9 Å². The maximum Gasteiger partial charge on any atom is 0.106 e. The topological polar surface area (TPSA) is 17.8 Å². The van der Waals surface area contributed by atoms with Crippen LogP contribution in [0.25, 0.3) is 11.0 Å². The molecule has 0 amide bonds. The molecule has 1 aromatic carbocycles. The molecule has 0 fully saturated rings. The van der Waals surface area contributed by atoms with E-state index in [9.17, 15) is 0 Å². The molecule has 0 radical (unpaired) electrons. The fourth-order valence-electron chi connectivity index (χ4n) is 0.946. The summed E-state index contributed by atoms with van der Waals surface area (Å²) in [7, 11) is 0. The minimum absolute atomic E-state index is 0. The van der Waals surface area contributed by atoms with Crippen LogP contribution < -0.4 is 0 Å². The van der Waals surface area contributed by atoms with Gasteiger partial charge in [-0.2, -0.15) is 0 Å². The number of thiol groups is 1. The van der Waals surface area contributed by atoms with E-state index < -0.39 is 0 Å². The summed E-state index contributed by atoms with van der Waals surface area (Å²) in [5.41, 5.74) is 2.03. The van der Waals surface area contributed by atoms with Crippen molar-refractivity contribution in [3.63, 3.8) is 0 Å². The highest BCUT2D eigenvalue weighted by molar-refractivity contribution is 8.93. The van der Waals surface area contributed by atoms with Gasteiger partial charge < -0.3 is 0 Å². The molecule has 0 saturated heterocycles. The Balaban J connectivity index is 0.000000605. The Kier molecular flexibility index (Phi) is 2.57. The van der Waals surface area contributed by atoms with Gasteiger partial charge in [0.1, 0.15) is 6.33 Å². The first kappa shape index (κ1) is 8.62. The molecule has 4 heteroatoms. The quantitative estimate of drug-likeness (QED) is 0.689. The van der Waals surface area contributed by atoms with Crippen molar-refractivity contribution in [3.05, 3.63) is 30.6 Å². The molecular weight excluding hydrogens is 224 g/mol. The zero-order chi connectivity index (χ0) is 6.97. The summed E-state index contributed by atoms with van der Waals surface area (Å²) in [4.78, 5) is 4.10. The molecule has 0 spiro atoms. The summed E-state index contributed by atoms with van der Waals surface area (Å²) in [6.45, 7) is 0. The van der Waals surface area contributed by atoms with Gasteiger partial charge in [0.2, 0.25) is 0 Å². The smallest absolute Gasteiger partial charge is 0.106 e. The normalized spacial score (nSPS) is 9.55. The van der Waals surface area contributed by atoms with Crippen LogP contribution in [0, 0.1) is 0 Å². The number of hydrogen-bond donors (Lipinski definition) is 1. The van der Waals surface area contributed by atoms with Crippen molar-refractivity contribution in [2.75, 3.05) is 0 Å². The summed E-state index contributed by atoms with van der Waals surface area (Å²) in [5, 5.41) is 0. The van der Waals surface area contributed by atoms with E-state index in [4.69, 9.17) is 0 Å². The van der Waals surface area contributed by atoms with Crippen molar-refractivity contribution in [2.24, 2.45) is 0 Å². The number of benzene rings is 1. The zero-order valence-corrected chi connectivity index (χ0v) is 8.24. The molecule has 0 aliphatic heterocycles. The number of halogens is 1. The van der Waals surface area contributed by atoms with E-state index >= 15 is 0 Å². The molecule has 2 nitrogen and oxygen atoms in total. The highest BCUT2D eigenvalue weighted by Gasteiger charge is 1.94. The van der Waals surface area contributed by atoms with Crippen molar-refractivity contribution in [3.8, 4) is 0 Å². The molecule has 0 N–H and O–H groups in total. The Hall–Kier alpha value is -0.480. The average Bonchev–Trinajstić information content (AvgIpc) is 2.34. The lowest BCUT2D eigenvalue weighted by molar-refractivity contribution is 1.28. The van der Waals surface area contributed by atoms with Gasteiger partial charge in [-0.15, -0.1) is 17.0 Å². The summed E-state index contributed by atoms with van der Waals surface area (Å²) in [6.07, 6.45) is 1.69. The van der Waals surface area contributed by atoms with Crippen LogP contribution >= 0.6 is 29.8 Å². The first-order chi connectivity index (χ1) is 4.88. The van der Waals surface area contributed by atoms with Crippen LogP contribution in [-0.4, -0.2) is 8.96 Å². The minimum Gasteiger partial charge on any atom is -0.275 e. The van der Waals surface area contributed by atoms with Gasteiger partial charge in [0.15, 0.2) is 0 Å². The fourth-order valence-corrected chi connectivity index (χ4v) is 1.17. The van der Waals surface area contributed by atoms with Gasteiger partial charge in [-0.25, -0.2) is 4.98 Å². The number of hydrogen-bond acceptors (Lipinski definition) is 2. The fraction of sp³-hybridized carbons (Fsp3) is 0. The molecular formula is C7H7BrN2S. The van der Waals surface area contributed by atoms with E-state index in [0.29, 0.717) is 0 Å². The predicted octanol–water partition coefficient (Wildman–Crippen LogP) is 2.31. The largest absolute Gasteiger partial charge is 0.275 e. The molecule has 2 rings (SSSR count). The molecule has 0 unspecified atom stereocenters. The number of fused-ring (bicyclic) bond motifs is 1. The standard InChI is InChI=1S/C7H6N2S.BrH/c10-9-5-8-6-3-1-2-4-7(6)9;/h1-5,10H;1H. The number of aromatic nitrogens is 2. The van der Waals surface area contributed by atoms with Crippen molar-refractivity contribution >= 4 is 40.8 Å². The minimum atomic E-state index is 0. The molecule has 0 aliphatic carbocycles.